The molecule has 0 bridgehead atoms. The summed E-state index contributed by atoms with van der Waals surface area (Å²) in [5, 5.41) is 0. The van der Waals surface area contributed by atoms with Crippen LogP contribution in [0.4, 0.5) is 0 Å². The highest BCUT2D eigenvalue weighted by Gasteiger charge is 2.43. The van der Waals surface area contributed by atoms with Crippen molar-refractivity contribution in [2.45, 2.75) is 37.5 Å². The second kappa shape index (κ2) is 5.65. The Kier molecular flexibility index (Phi) is 3.86. The van der Waals surface area contributed by atoms with Crippen LogP contribution in [0.5, 0.6) is 0 Å². The maximum Gasteiger partial charge on any atom is 0.0696 e. The van der Waals surface area contributed by atoms with Crippen molar-refractivity contribution in [3.8, 4) is 11.1 Å². The third-order valence-corrected chi connectivity index (χ3v) is 11.2. The Labute approximate surface area is 129 Å². The van der Waals surface area contributed by atoms with E-state index in [9.17, 15) is 0 Å². The number of rotatable bonds is 5. The zero-order valence-electron chi connectivity index (χ0n) is 13.1. The first-order valence-corrected chi connectivity index (χ1v) is 10.8. The van der Waals surface area contributed by atoms with Crippen LogP contribution in [0.15, 0.2) is 61.2 Å². The standard InChI is InChI=1S/C20H24Si/c1-4-15-21(5-2,6-3)20-18-13-9-7-11-16(18)17-12-8-10-14-19(17)20/h4,7-14,20H,1,5-6,15H2,2-3H3. The van der Waals surface area contributed by atoms with Crippen molar-refractivity contribution >= 4 is 8.07 Å². The molecule has 0 atom stereocenters. The Balaban J connectivity index is 2.24. The SMILES string of the molecule is C=CC[Si](CC)(CC)C1c2ccccc2-c2ccccc21. The van der Waals surface area contributed by atoms with Crippen molar-refractivity contribution in [1.82, 2.24) is 0 Å². The molecule has 1 aliphatic rings. The predicted molar refractivity (Wildman–Crippen MR) is 95.4 cm³/mol. The molecule has 0 saturated heterocycles. The molecule has 1 heteroatoms. The van der Waals surface area contributed by atoms with Crippen LogP contribution in [0.3, 0.4) is 0 Å². The lowest BCUT2D eigenvalue weighted by atomic mass is 10.1. The van der Waals surface area contributed by atoms with Gasteiger partial charge in [0, 0.05) is 5.54 Å². The van der Waals surface area contributed by atoms with Gasteiger partial charge in [-0.05, 0) is 28.3 Å². The quantitative estimate of drug-likeness (QED) is 0.467. The third-order valence-electron chi connectivity index (χ3n) is 5.41. The largest absolute Gasteiger partial charge is 0.103 e. The summed E-state index contributed by atoms with van der Waals surface area (Å²) in [4.78, 5) is 0. The smallest absolute Gasteiger partial charge is 0.0696 e. The number of allylic oxidation sites excluding steroid dienone is 1. The lowest BCUT2D eigenvalue weighted by molar-refractivity contribution is 1.03. The molecule has 0 heterocycles. The van der Waals surface area contributed by atoms with Gasteiger partial charge in [0.05, 0.1) is 8.07 Å². The van der Waals surface area contributed by atoms with Gasteiger partial charge in [-0.3, -0.25) is 0 Å². The van der Waals surface area contributed by atoms with Crippen molar-refractivity contribution in [2.24, 2.45) is 0 Å². The van der Waals surface area contributed by atoms with Crippen LogP contribution < -0.4 is 0 Å². The van der Waals surface area contributed by atoms with E-state index in [-0.39, 0.29) is 0 Å². The normalized spacial score (nSPS) is 13.8. The van der Waals surface area contributed by atoms with E-state index in [1.165, 1.54) is 29.3 Å². The molecule has 0 fully saturated rings. The molecule has 21 heavy (non-hydrogen) atoms. The number of benzene rings is 2. The van der Waals surface area contributed by atoms with Crippen LogP contribution >= 0.6 is 0 Å². The minimum Gasteiger partial charge on any atom is -0.103 e. The molecule has 0 spiro atoms. The summed E-state index contributed by atoms with van der Waals surface area (Å²) in [7, 11) is -1.43. The highest BCUT2D eigenvalue weighted by atomic mass is 28.3. The van der Waals surface area contributed by atoms with E-state index in [1.54, 1.807) is 11.1 Å². The highest BCUT2D eigenvalue weighted by Crippen LogP contribution is 2.51. The molecule has 108 valence electrons. The topological polar surface area (TPSA) is 0 Å². The maximum absolute atomic E-state index is 4.06. The molecule has 2 aromatic carbocycles. The average Bonchev–Trinajstić information content (AvgIpc) is 2.88. The van der Waals surface area contributed by atoms with Crippen molar-refractivity contribution < 1.29 is 0 Å². The molecule has 3 rings (SSSR count). The zero-order chi connectivity index (χ0) is 14.9. The van der Waals surface area contributed by atoms with Crippen LogP contribution in [0.2, 0.25) is 18.1 Å². The van der Waals surface area contributed by atoms with Gasteiger partial charge in [-0.1, -0.05) is 80.5 Å². The summed E-state index contributed by atoms with van der Waals surface area (Å²) in [5.74, 6) is 0. The van der Waals surface area contributed by atoms with Crippen LogP contribution in [0.1, 0.15) is 30.5 Å². The van der Waals surface area contributed by atoms with Gasteiger partial charge in [-0.15, -0.1) is 6.58 Å². The number of hydrogen-bond acceptors (Lipinski definition) is 0. The summed E-state index contributed by atoms with van der Waals surface area (Å²) in [6, 6.07) is 21.9. The third kappa shape index (κ3) is 2.11. The van der Waals surface area contributed by atoms with Crippen LogP contribution in [-0.2, 0) is 0 Å². The summed E-state index contributed by atoms with van der Waals surface area (Å²) in [5.41, 5.74) is 6.69. The van der Waals surface area contributed by atoms with E-state index in [2.05, 4.69) is 75.0 Å². The fraction of sp³-hybridized carbons (Fsp3) is 0.300. The molecule has 0 aliphatic heterocycles. The first kappa shape index (κ1) is 14.3. The van der Waals surface area contributed by atoms with E-state index in [0.717, 1.165) is 0 Å². The molecule has 0 aromatic heterocycles. The minimum absolute atomic E-state index is 0.637. The Hall–Kier alpha value is -1.60. The van der Waals surface area contributed by atoms with Gasteiger partial charge in [0.25, 0.3) is 0 Å². The lowest BCUT2D eigenvalue weighted by Crippen LogP contribution is -2.39. The Morgan fingerprint density at radius 1 is 0.905 bits per heavy atom. The Morgan fingerprint density at radius 3 is 1.81 bits per heavy atom. The molecule has 0 N–H and O–H groups in total. The van der Waals surface area contributed by atoms with Gasteiger partial charge in [0.15, 0.2) is 0 Å². The Morgan fingerprint density at radius 2 is 1.38 bits per heavy atom. The Bertz CT molecular complexity index is 607. The first-order valence-electron chi connectivity index (χ1n) is 8.06. The molecule has 2 aromatic rings. The van der Waals surface area contributed by atoms with E-state index in [0.29, 0.717) is 5.54 Å². The van der Waals surface area contributed by atoms with Gasteiger partial charge < -0.3 is 0 Å². The van der Waals surface area contributed by atoms with Gasteiger partial charge in [-0.25, -0.2) is 0 Å². The molecule has 0 radical (unpaired) electrons. The molecule has 0 nitrogen and oxygen atoms in total. The highest BCUT2D eigenvalue weighted by molar-refractivity contribution is 6.82. The van der Waals surface area contributed by atoms with Crippen LogP contribution in [0.25, 0.3) is 11.1 Å². The molecule has 0 saturated carbocycles. The minimum atomic E-state index is -1.43. The second-order valence-corrected chi connectivity index (χ2v) is 11.3. The fourth-order valence-corrected chi connectivity index (χ4v) is 8.69. The van der Waals surface area contributed by atoms with E-state index in [4.69, 9.17) is 0 Å². The molecular formula is C20H24Si. The monoisotopic (exact) mass is 292 g/mol. The van der Waals surface area contributed by atoms with Crippen LogP contribution in [0, 0.1) is 0 Å². The predicted octanol–water partition coefficient (Wildman–Crippen LogP) is 6.01. The van der Waals surface area contributed by atoms with Gasteiger partial charge in [0.2, 0.25) is 0 Å². The first-order chi connectivity index (χ1) is 10.3. The number of fused-ring (bicyclic) bond motifs is 3. The van der Waals surface area contributed by atoms with Crippen molar-refractivity contribution in [3.05, 3.63) is 72.3 Å². The zero-order valence-corrected chi connectivity index (χ0v) is 14.1. The van der Waals surface area contributed by atoms with Crippen molar-refractivity contribution in [1.29, 1.82) is 0 Å². The van der Waals surface area contributed by atoms with E-state index < -0.39 is 8.07 Å². The lowest BCUT2D eigenvalue weighted by Gasteiger charge is -2.36. The van der Waals surface area contributed by atoms with Gasteiger partial charge in [0.1, 0.15) is 0 Å². The summed E-state index contributed by atoms with van der Waals surface area (Å²) in [6.45, 7) is 8.84. The number of hydrogen-bond donors (Lipinski definition) is 0. The van der Waals surface area contributed by atoms with Gasteiger partial charge >= 0.3 is 0 Å². The average molecular weight is 292 g/mol. The van der Waals surface area contributed by atoms with Gasteiger partial charge in [-0.2, -0.15) is 0 Å². The molecule has 1 aliphatic carbocycles. The summed E-state index contributed by atoms with van der Waals surface area (Å²) < 4.78 is 0. The maximum atomic E-state index is 4.06. The van der Waals surface area contributed by atoms with Crippen molar-refractivity contribution in [2.75, 3.05) is 0 Å². The molecule has 0 unspecified atom stereocenters. The van der Waals surface area contributed by atoms with E-state index in [1.807, 2.05) is 0 Å². The summed E-state index contributed by atoms with van der Waals surface area (Å²) >= 11 is 0. The molecular weight excluding hydrogens is 268 g/mol. The van der Waals surface area contributed by atoms with Crippen LogP contribution in [-0.4, -0.2) is 8.07 Å². The van der Waals surface area contributed by atoms with E-state index >= 15 is 0 Å². The molecule has 0 amide bonds. The second-order valence-electron chi connectivity index (χ2n) is 6.17. The fourth-order valence-electron chi connectivity index (χ4n) is 4.17. The van der Waals surface area contributed by atoms with Crippen molar-refractivity contribution in [3.63, 3.8) is 0 Å². The summed E-state index contributed by atoms with van der Waals surface area (Å²) in [6.07, 6.45) is 2.17.